The summed E-state index contributed by atoms with van der Waals surface area (Å²) in [6, 6.07) is 20.1. The first kappa shape index (κ1) is 23.4. The summed E-state index contributed by atoms with van der Waals surface area (Å²) in [4.78, 5) is 42.9. The number of fused-ring (bicyclic) bond motifs is 4. The summed E-state index contributed by atoms with van der Waals surface area (Å²) in [7, 11) is 0. The predicted molar refractivity (Wildman–Crippen MR) is 139 cm³/mol. The van der Waals surface area contributed by atoms with Crippen LogP contribution in [0.2, 0.25) is 0 Å². The number of hydrogen-bond acceptors (Lipinski definition) is 5. The first-order valence-corrected chi connectivity index (χ1v) is 12.7. The maximum absolute atomic E-state index is 14.0. The molecular formula is C30H29N3O4. The number of imide groups is 1. The van der Waals surface area contributed by atoms with E-state index in [2.05, 4.69) is 10.6 Å². The van der Waals surface area contributed by atoms with E-state index >= 15 is 0 Å². The molecule has 0 aliphatic carbocycles. The summed E-state index contributed by atoms with van der Waals surface area (Å²) in [6.45, 7) is 4.22. The number of likely N-dealkylation sites (tertiary alicyclic amines) is 1. The summed E-state index contributed by atoms with van der Waals surface area (Å²) >= 11 is 0. The molecule has 3 heterocycles. The minimum atomic E-state index is -1.31. The number of aryl methyl sites for hydroxylation is 1. The fourth-order valence-corrected chi connectivity index (χ4v) is 6.35. The standard InChI is InChI=1S/C30H29N3O4/c1-17-8-13-22-26(18(17)2)31-29(37)30(22)25-24(23(32-30)16-20-9-11-21(34)12-10-20)27(35)33(28(25)36)15-14-19-6-4-3-5-7-19/h3-13,23-25,32,34H,14-16H2,1-2H3,(H,31,37)/t23-,24+,25-,30-/m0/s1. The molecule has 0 bridgehead atoms. The molecule has 4 atom stereocenters. The van der Waals surface area contributed by atoms with Crippen LogP contribution in [0.1, 0.15) is 27.8 Å². The van der Waals surface area contributed by atoms with Crippen molar-refractivity contribution in [3.63, 3.8) is 0 Å². The zero-order chi connectivity index (χ0) is 25.9. The molecule has 0 radical (unpaired) electrons. The molecule has 2 fully saturated rings. The Kier molecular flexibility index (Phi) is 5.42. The third kappa shape index (κ3) is 3.49. The van der Waals surface area contributed by atoms with E-state index in [0.29, 0.717) is 12.8 Å². The molecule has 3 N–H and O–H groups in total. The lowest BCUT2D eigenvalue weighted by Gasteiger charge is -2.29. The molecule has 7 heteroatoms. The molecule has 3 aliphatic rings. The minimum Gasteiger partial charge on any atom is -0.508 e. The van der Waals surface area contributed by atoms with Crippen molar-refractivity contribution in [1.29, 1.82) is 0 Å². The minimum absolute atomic E-state index is 0.159. The number of carbonyl (C=O) groups is 3. The van der Waals surface area contributed by atoms with Crippen LogP contribution in [0.15, 0.2) is 66.7 Å². The second kappa shape index (κ2) is 8.56. The van der Waals surface area contributed by atoms with Gasteiger partial charge >= 0.3 is 0 Å². The summed E-state index contributed by atoms with van der Waals surface area (Å²) in [6.07, 6.45) is 1.00. The Labute approximate surface area is 215 Å². The molecule has 188 valence electrons. The number of benzene rings is 3. The Bertz CT molecular complexity index is 1420. The Morgan fingerprint density at radius 2 is 1.62 bits per heavy atom. The van der Waals surface area contributed by atoms with Crippen LogP contribution in [-0.2, 0) is 32.8 Å². The normalized spacial score (nSPS) is 26.1. The van der Waals surface area contributed by atoms with Crippen molar-refractivity contribution in [1.82, 2.24) is 10.2 Å². The van der Waals surface area contributed by atoms with Gasteiger partial charge in [-0.2, -0.15) is 0 Å². The quantitative estimate of drug-likeness (QED) is 0.472. The Balaban J connectivity index is 1.41. The van der Waals surface area contributed by atoms with Gasteiger partial charge in [0.1, 0.15) is 11.3 Å². The Hall–Kier alpha value is -3.97. The van der Waals surface area contributed by atoms with E-state index in [1.54, 1.807) is 12.1 Å². The van der Waals surface area contributed by atoms with Crippen LogP contribution in [0.5, 0.6) is 5.75 Å². The lowest BCUT2D eigenvalue weighted by molar-refractivity contribution is -0.142. The van der Waals surface area contributed by atoms with E-state index in [1.165, 1.54) is 4.90 Å². The van der Waals surface area contributed by atoms with Gasteiger partial charge in [0.25, 0.3) is 0 Å². The number of phenolic OH excluding ortho intramolecular Hbond substituents is 1. The van der Waals surface area contributed by atoms with Crippen LogP contribution in [0.4, 0.5) is 5.69 Å². The van der Waals surface area contributed by atoms with Gasteiger partial charge in [-0.25, -0.2) is 0 Å². The van der Waals surface area contributed by atoms with E-state index < -0.39 is 23.4 Å². The van der Waals surface area contributed by atoms with Crippen molar-refractivity contribution in [2.24, 2.45) is 11.8 Å². The average molecular weight is 496 g/mol. The van der Waals surface area contributed by atoms with Gasteiger partial charge in [0.2, 0.25) is 17.7 Å². The second-order valence-electron chi connectivity index (χ2n) is 10.4. The number of anilines is 1. The number of nitrogens with one attached hydrogen (secondary N) is 2. The summed E-state index contributed by atoms with van der Waals surface area (Å²) < 4.78 is 0. The average Bonchev–Trinajstić information content (AvgIpc) is 3.47. The Morgan fingerprint density at radius 3 is 2.35 bits per heavy atom. The molecule has 0 aromatic heterocycles. The highest BCUT2D eigenvalue weighted by molar-refractivity contribution is 6.15. The highest BCUT2D eigenvalue weighted by Crippen LogP contribution is 2.54. The first-order chi connectivity index (χ1) is 17.8. The molecule has 3 aromatic carbocycles. The lowest BCUT2D eigenvalue weighted by Crippen LogP contribution is -2.53. The third-order valence-corrected chi connectivity index (χ3v) is 8.37. The fourth-order valence-electron chi connectivity index (χ4n) is 6.35. The molecule has 6 rings (SSSR count). The van der Waals surface area contributed by atoms with Crippen molar-refractivity contribution in [2.75, 3.05) is 11.9 Å². The molecule has 2 saturated heterocycles. The van der Waals surface area contributed by atoms with Crippen LogP contribution < -0.4 is 10.6 Å². The van der Waals surface area contributed by atoms with Crippen LogP contribution in [-0.4, -0.2) is 40.3 Å². The molecule has 3 aromatic rings. The number of nitrogens with zero attached hydrogens (tertiary/aromatic N) is 1. The third-order valence-electron chi connectivity index (χ3n) is 8.37. The summed E-state index contributed by atoms with van der Waals surface area (Å²) in [5.41, 5.74) is 4.11. The molecule has 0 unspecified atom stereocenters. The second-order valence-corrected chi connectivity index (χ2v) is 10.4. The number of amides is 3. The van der Waals surface area contributed by atoms with Crippen LogP contribution in [0.25, 0.3) is 0 Å². The van der Waals surface area contributed by atoms with Gasteiger partial charge in [0.05, 0.1) is 11.8 Å². The first-order valence-electron chi connectivity index (χ1n) is 12.7. The zero-order valence-electron chi connectivity index (χ0n) is 20.8. The highest BCUT2D eigenvalue weighted by atomic mass is 16.3. The zero-order valence-corrected chi connectivity index (χ0v) is 20.8. The fraction of sp³-hybridized carbons (Fsp3) is 0.300. The number of hydrogen-bond donors (Lipinski definition) is 3. The topological polar surface area (TPSA) is 98.7 Å². The van der Waals surface area contributed by atoms with Crippen LogP contribution in [0, 0.1) is 25.7 Å². The van der Waals surface area contributed by atoms with E-state index in [1.807, 2.05) is 68.4 Å². The number of carbonyl (C=O) groups excluding carboxylic acids is 3. The monoisotopic (exact) mass is 495 g/mol. The summed E-state index contributed by atoms with van der Waals surface area (Å²) in [5, 5.41) is 16.2. The van der Waals surface area contributed by atoms with Crippen LogP contribution in [0.3, 0.4) is 0 Å². The van der Waals surface area contributed by atoms with Gasteiger partial charge in [-0.05, 0) is 61.1 Å². The molecule has 37 heavy (non-hydrogen) atoms. The van der Waals surface area contributed by atoms with Crippen molar-refractivity contribution in [2.45, 2.75) is 38.3 Å². The van der Waals surface area contributed by atoms with Crippen molar-refractivity contribution >= 4 is 23.4 Å². The van der Waals surface area contributed by atoms with Gasteiger partial charge in [0.15, 0.2) is 0 Å². The number of phenols is 1. The molecular weight excluding hydrogens is 466 g/mol. The largest absolute Gasteiger partial charge is 0.508 e. The number of rotatable bonds is 5. The van der Waals surface area contributed by atoms with Crippen LogP contribution >= 0.6 is 0 Å². The van der Waals surface area contributed by atoms with Gasteiger partial charge < -0.3 is 10.4 Å². The van der Waals surface area contributed by atoms with Gasteiger partial charge in [-0.1, -0.05) is 54.6 Å². The van der Waals surface area contributed by atoms with Crippen molar-refractivity contribution in [3.8, 4) is 5.75 Å². The molecule has 1 spiro atoms. The maximum atomic E-state index is 14.0. The van der Waals surface area contributed by atoms with E-state index in [-0.39, 0.29) is 30.0 Å². The van der Waals surface area contributed by atoms with E-state index in [4.69, 9.17) is 0 Å². The molecule has 0 saturated carbocycles. The van der Waals surface area contributed by atoms with E-state index in [0.717, 1.165) is 33.5 Å². The number of aromatic hydroxyl groups is 1. The Morgan fingerprint density at radius 1 is 0.892 bits per heavy atom. The van der Waals surface area contributed by atoms with Gasteiger partial charge in [0, 0.05) is 23.8 Å². The smallest absolute Gasteiger partial charge is 0.250 e. The van der Waals surface area contributed by atoms with Crippen molar-refractivity contribution < 1.29 is 19.5 Å². The van der Waals surface area contributed by atoms with Gasteiger partial charge in [-0.15, -0.1) is 0 Å². The van der Waals surface area contributed by atoms with E-state index in [9.17, 15) is 19.5 Å². The molecule has 7 nitrogen and oxygen atoms in total. The lowest BCUT2D eigenvalue weighted by atomic mass is 9.75. The molecule has 3 amide bonds. The molecule has 3 aliphatic heterocycles. The summed E-state index contributed by atoms with van der Waals surface area (Å²) in [5.74, 6) is -2.16. The maximum Gasteiger partial charge on any atom is 0.250 e. The highest BCUT2D eigenvalue weighted by Gasteiger charge is 2.70. The van der Waals surface area contributed by atoms with Gasteiger partial charge in [-0.3, -0.25) is 24.6 Å². The van der Waals surface area contributed by atoms with Crippen molar-refractivity contribution in [3.05, 3.63) is 94.5 Å². The SMILES string of the molecule is Cc1ccc2c(c1C)NC(=O)[C@]21N[C@@H](Cc2ccc(O)cc2)[C@H]2C(=O)N(CCc3ccccc3)C(=O)[C@H]21. The predicted octanol–water partition coefficient (Wildman–Crippen LogP) is 3.21.